The zero-order valence-corrected chi connectivity index (χ0v) is 24.1. The summed E-state index contributed by atoms with van der Waals surface area (Å²) < 4.78 is 19.2. The van der Waals surface area contributed by atoms with Gasteiger partial charge in [-0.3, -0.25) is 9.69 Å². The fourth-order valence-electron chi connectivity index (χ4n) is 4.97. The summed E-state index contributed by atoms with van der Waals surface area (Å²) in [5.74, 6) is 2.78. The number of β-amino-alcohol motifs (C(OH)–C–C–N with tert-alkyl or cyclic N) is 1. The Morgan fingerprint density at radius 1 is 1.02 bits per heavy atom. The van der Waals surface area contributed by atoms with Gasteiger partial charge in [-0.15, -0.1) is 0 Å². The Kier molecular flexibility index (Phi) is 10.2. The fourth-order valence-corrected chi connectivity index (χ4v) is 4.97. The Morgan fingerprint density at radius 3 is 2.42 bits per heavy atom. The molecule has 3 aromatic rings. The van der Waals surface area contributed by atoms with Crippen LogP contribution >= 0.6 is 0 Å². The minimum atomic E-state index is -1.24. The van der Waals surface area contributed by atoms with Crippen LogP contribution in [-0.2, 0) is 22.6 Å². The molecule has 4 rings (SSSR count). The number of carbonyl (C=O) groups is 1. The highest BCUT2D eigenvalue weighted by Gasteiger charge is 2.37. The highest BCUT2D eigenvalue weighted by Crippen LogP contribution is 2.21. The molecule has 2 heterocycles. The smallest absolute Gasteiger partial charge is 0.248 e. The molecule has 1 N–H and O–H groups in total. The van der Waals surface area contributed by atoms with Gasteiger partial charge in [0.05, 0.1) is 13.1 Å². The van der Waals surface area contributed by atoms with Crippen LogP contribution in [0.15, 0.2) is 60.9 Å². The lowest BCUT2D eigenvalue weighted by Gasteiger charge is -2.33. The molecule has 0 unspecified atom stereocenters. The molecule has 0 radical (unpaired) electrons. The van der Waals surface area contributed by atoms with Crippen molar-refractivity contribution in [3.8, 4) is 11.5 Å². The average molecular weight is 551 g/mol. The Bertz CT molecular complexity index is 1210. The van der Waals surface area contributed by atoms with E-state index in [0.29, 0.717) is 44.5 Å². The molecule has 0 spiro atoms. The summed E-state index contributed by atoms with van der Waals surface area (Å²) in [5, 5.41) is 11.6. The highest BCUT2D eigenvalue weighted by molar-refractivity contribution is 5.77. The van der Waals surface area contributed by atoms with Crippen LogP contribution in [0.4, 0.5) is 0 Å². The second-order valence-electron chi connectivity index (χ2n) is 10.9. The van der Waals surface area contributed by atoms with Crippen LogP contribution in [-0.4, -0.2) is 89.1 Å². The van der Waals surface area contributed by atoms with Crippen LogP contribution in [0.3, 0.4) is 0 Å². The van der Waals surface area contributed by atoms with Crippen LogP contribution in [0.5, 0.6) is 11.5 Å². The molecule has 9 heteroatoms. The average Bonchev–Trinajstić information content (AvgIpc) is 3.34. The lowest BCUT2D eigenvalue weighted by Crippen LogP contribution is -2.52. The van der Waals surface area contributed by atoms with Crippen LogP contribution in [0.1, 0.15) is 36.7 Å². The van der Waals surface area contributed by atoms with Crippen molar-refractivity contribution in [1.82, 2.24) is 19.4 Å². The number of rotatable bonds is 12. The number of imidazole rings is 1. The van der Waals surface area contributed by atoms with Crippen molar-refractivity contribution in [2.45, 2.75) is 45.4 Å². The van der Waals surface area contributed by atoms with Crippen LogP contribution < -0.4 is 9.47 Å². The molecule has 1 aliphatic heterocycles. The lowest BCUT2D eigenvalue weighted by atomic mass is 10.0. The van der Waals surface area contributed by atoms with Gasteiger partial charge in [0.1, 0.15) is 42.7 Å². The first kappa shape index (κ1) is 29.6. The van der Waals surface area contributed by atoms with Gasteiger partial charge < -0.3 is 28.8 Å². The Labute approximate surface area is 237 Å². The molecule has 1 aliphatic rings. The zero-order chi connectivity index (χ0) is 28.5. The van der Waals surface area contributed by atoms with Gasteiger partial charge in [-0.1, -0.05) is 43.7 Å². The van der Waals surface area contributed by atoms with E-state index in [4.69, 9.17) is 14.2 Å². The molecule has 1 saturated heterocycles. The van der Waals surface area contributed by atoms with E-state index in [2.05, 4.69) is 28.3 Å². The first-order valence-electron chi connectivity index (χ1n) is 13.9. The van der Waals surface area contributed by atoms with E-state index in [1.54, 1.807) is 4.90 Å². The molecule has 1 atom stereocenters. The number of hydrogen-bond acceptors (Lipinski definition) is 7. The van der Waals surface area contributed by atoms with Crippen molar-refractivity contribution < 1.29 is 24.1 Å². The van der Waals surface area contributed by atoms with E-state index in [1.165, 1.54) is 7.11 Å². The monoisotopic (exact) mass is 550 g/mol. The third-order valence-electron chi connectivity index (χ3n) is 7.03. The Morgan fingerprint density at radius 2 is 1.73 bits per heavy atom. The van der Waals surface area contributed by atoms with E-state index in [-0.39, 0.29) is 25.7 Å². The van der Waals surface area contributed by atoms with Crippen molar-refractivity contribution in [2.75, 3.05) is 53.1 Å². The molecule has 1 fully saturated rings. The van der Waals surface area contributed by atoms with Crippen molar-refractivity contribution in [2.24, 2.45) is 0 Å². The topological polar surface area (TPSA) is 89.3 Å². The molecule has 40 heavy (non-hydrogen) atoms. The maximum Gasteiger partial charge on any atom is 0.248 e. The van der Waals surface area contributed by atoms with E-state index >= 15 is 0 Å². The van der Waals surface area contributed by atoms with E-state index in [1.807, 2.05) is 67.8 Å². The SMILES string of the molecule is COCC(=O)N1CCN(Cc2ccc(OCCn3ccnc3C(C)C)cc2)C[C@](O)(COc2ccc(C)cc2)C1. The van der Waals surface area contributed by atoms with Crippen molar-refractivity contribution in [3.05, 3.63) is 77.9 Å². The molecule has 1 amide bonds. The first-order chi connectivity index (χ1) is 19.2. The largest absolute Gasteiger partial charge is 0.492 e. The van der Waals surface area contributed by atoms with Crippen molar-refractivity contribution in [3.63, 3.8) is 0 Å². The zero-order valence-electron chi connectivity index (χ0n) is 24.1. The van der Waals surface area contributed by atoms with Gasteiger partial charge >= 0.3 is 0 Å². The normalized spacial score (nSPS) is 18.1. The minimum Gasteiger partial charge on any atom is -0.492 e. The summed E-state index contributed by atoms with van der Waals surface area (Å²) in [5.41, 5.74) is 0.996. The summed E-state index contributed by atoms with van der Waals surface area (Å²) >= 11 is 0. The van der Waals surface area contributed by atoms with Gasteiger partial charge in [-0.05, 0) is 36.8 Å². The number of nitrogens with zero attached hydrogens (tertiary/aromatic N) is 4. The molecule has 2 aromatic carbocycles. The molecule has 9 nitrogen and oxygen atoms in total. The third kappa shape index (κ3) is 8.30. The van der Waals surface area contributed by atoms with Gasteiger partial charge in [-0.2, -0.15) is 0 Å². The molecular weight excluding hydrogens is 508 g/mol. The highest BCUT2D eigenvalue weighted by atomic mass is 16.5. The summed E-state index contributed by atoms with van der Waals surface area (Å²) in [6.07, 6.45) is 3.81. The number of aliphatic hydroxyl groups is 1. The quantitative estimate of drug-likeness (QED) is 0.369. The lowest BCUT2D eigenvalue weighted by molar-refractivity contribution is -0.138. The molecule has 0 aliphatic carbocycles. The number of aromatic nitrogens is 2. The standard InChI is InChI=1S/C31H42N4O5/c1-24(2)30-32-13-14-34(30)17-18-39-27-11-7-26(8-12-27)19-33-15-16-35(29(36)20-38-4)22-31(37,21-33)23-40-28-9-5-25(3)6-10-28/h5-14,24,37H,15-23H2,1-4H3/t31-/m1/s1. The number of amides is 1. The first-order valence-corrected chi connectivity index (χ1v) is 13.9. The second kappa shape index (κ2) is 13.8. The summed E-state index contributed by atoms with van der Waals surface area (Å²) in [6.45, 7) is 9.95. The van der Waals surface area contributed by atoms with Crippen LogP contribution in [0.25, 0.3) is 0 Å². The summed E-state index contributed by atoms with van der Waals surface area (Å²) in [6, 6.07) is 15.8. The third-order valence-corrected chi connectivity index (χ3v) is 7.03. The van der Waals surface area contributed by atoms with E-state index in [0.717, 1.165) is 29.2 Å². The maximum absolute atomic E-state index is 12.7. The Hall–Kier alpha value is -3.40. The number of hydrogen-bond donors (Lipinski definition) is 1. The fraction of sp³-hybridized carbons (Fsp3) is 0.484. The van der Waals surface area contributed by atoms with Gasteiger partial charge in [0.15, 0.2) is 0 Å². The molecule has 216 valence electrons. The molecule has 1 aromatic heterocycles. The number of ether oxygens (including phenoxy) is 3. The maximum atomic E-state index is 12.7. The Balaban J connectivity index is 1.36. The number of aryl methyl sites for hydroxylation is 1. The van der Waals surface area contributed by atoms with Crippen molar-refractivity contribution >= 4 is 5.91 Å². The van der Waals surface area contributed by atoms with Gasteiger partial charge in [0, 0.05) is 51.6 Å². The number of methoxy groups -OCH3 is 1. The van der Waals surface area contributed by atoms with Gasteiger partial charge in [0.25, 0.3) is 0 Å². The van der Waals surface area contributed by atoms with Crippen molar-refractivity contribution in [1.29, 1.82) is 0 Å². The van der Waals surface area contributed by atoms with E-state index in [9.17, 15) is 9.90 Å². The van der Waals surface area contributed by atoms with Crippen LogP contribution in [0, 0.1) is 6.92 Å². The second-order valence-corrected chi connectivity index (χ2v) is 10.9. The predicted octanol–water partition coefficient (Wildman–Crippen LogP) is 3.49. The molecule has 0 bridgehead atoms. The molecule has 0 saturated carbocycles. The summed E-state index contributed by atoms with van der Waals surface area (Å²) in [4.78, 5) is 20.9. The number of carbonyl (C=O) groups excluding carboxylic acids is 1. The van der Waals surface area contributed by atoms with Gasteiger partial charge in [-0.25, -0.2) is 4.98 Å². The molecular formula is C31H42N4O5. The predicted molar refractivity (Wildman–Crippen MR) is 154 cm³/mol. The number of benzene rings is 2. The van der Waals surface area contributed by atoms with E-state index < -0.39 is 5.60 Å². The minimum absolute atomic E-state index is 0.0179. The van der Waals surface area contributed by atoms with Gasteiger partial charge in [0.2, 0.25) is 5.91 Å². The van der Waals surface area contributed by atoms with Crippen LogP contribution in [0.2, 0.25) is 0 Å². The summed E-state index contributed by atoms with van der Waals surface area (Å²) in [7, 11) is 1.50.